The van der Waals surface area contributed by atoms with Crippen LogP contribution in [-0.2, 0) is 4.79 Å². The van der Waals surface area contributed by atoms with Crippen molar-refractivity contribution < 1.29 is 14.6 Å². The number of hydrogen-bond acceptors (Lipinski definition) is 3. The predicted octanol–water partition coefficient (Wildman–Crippen LogP) is -2.46. The number of Topliss-reactive ketones (excluding diaryl/α,β-unsaturated/α-hetero) is 1. The molecular formula is C17H26N4O3+2. The van der Waals surface area contributed by atoms with E-state index in [0.717, 1.165) is 39.0 Å². The number of carbonyl (C=O) groups is 1. The summed E-state index contributed by atoms with van der Waals surface area (Å²) in [6.45, 7) is 9.21. The molecule has 0 amide bonds. The molecule has 130 valence electrons. The summed E-state index contributed by atoms with van der Waals surface area (Å²) in [6, 6.07) is 0. The highest BCUT2D eigenvalue weighted by atomic mass is 16.2. The van der Waals surface area contributed by atoms with Crippen LogP contribution in [0, 0.1) is 17.8 Å². The number of aryl methyl sites for hydroxylation is 1. The number of H-pyrrole nitrogens is 2. The number of hydrogen-bond donors (Lipinski definition) is 4. The molecule has 5 rings (SSSR count). The minimum Gasteiger partial charge on any atom is -0.311 e. The number of nitrogens with one attached hydrogen (secondary N) is 4. The van der Waals surface area contributed by atoms with Gasteiger partial charge in [-0.2, -0.15) is 0 Å². The second-order valence-corrected chi connectivity index (χ2v) is 8.32. The molecular weight excluding hydrogens is 308 g/mol. The zero-order valence-electron chi connectivity index (χ0n) is 14.5. The average molecular weight is 334 g/mol. The van der Waals surface area contributed by atoms with E-state index in [9.17, 15) is 14.4 Å². The van der Waals surface area contributed by atoms with Crippen LogP contribution < -0.4 is 21.0 Å². The summed E-state index contributed by atoms with van der Waals surface area (Å²) >= 11 is 0. The highest BCUT2D eigenvalue weighted by molar-refractivity contribution is 5.91. The summed E-state index contributed by atoms with van der Waals surface area (Å²) in [4.78, 5) is 44.8. The monoisotopic (exact) mass is 334 g/mol. The lowest BCUT2D eigenvalue weighted by Gasteiger charge is -2.59. The van der Waals surface area contributed by atoms with Crippen LogP contribution in [0.5, 0.6) is 0 Å². The molecule has 7 nitrogen and oxygen atoms in total. The number of aromatic amines is 2. The van der Waals surface area contributed by atoms with Crippen LogP contribution in [-0.4, -0.2) is 41.9 Å². The number of carbonyl (C=O) groups excluding carboxylic acids is 1. The van der Waals surface area contributed by atoms with Crippen LogP contribution >= 0.6 is 0 Å². The largest absolute Gasteiger partial charge is 0.325 e. The summed E-state index contributed by atoms with van der Waals surface area (Å²) < 4.78 is 0. The first-order valence-electron chi connectivity index (χ1n) is 8.87. The highest BCUT2D eigenvalue weighted by Gasteiger charge is 2.69. The first-order chi connectivity index (χ1) is 11.3. The fourth-order valence-electron chi connectivity index (χ4n) is 5.91. The summed E-state index contributed by atoms with van der Waals surface area (Å²) in [5, 5.41) is 0. The van der Waals surface area contributed by atoms with Gasteiger partial charge in [0, 0.05) is 5.69 Å². The van der Waals surface area contributed by atoms with E-state index < -0.39 is 5.69 Å². The van der Waals surface area contributed by atoms with Crippen molar-refractivity contribution in [3.63, 3.8) is 0 Å². The van der Waals surface area contributed by atoms with Gasteiger partial charge in [0.15, 0.2) is 11.3 Å². The summed E-state index contributed by atoms with van der Waals surface area (Å²) in [7, 11) is 0. The molecule has 4 N–H and O–H groups in total. The maximum absolute atomic E-state index is 13.1. The fraction of sp³-hybridized carbons (Fsp3) is 0.706. The number of piperidine rings is 2. The van der Waals surface area contributed by atoms with Crippen LogP contribution in [0.1, 0.15) is 44.1 Å². The van der Waals surface area contributed by atoms with Gasteiger partial charge in [-0.05, 0) is 20.3 Å². The van der Waals surface area contributed by atoms with E-state index in [-0.39, 0.29) is 22.6 Å². The summed E-state index contributed by atoms with van der Waals surface area (Å²) in [6.07, 6.45) is 1.95. The van der Waals surface area contributed by atoms with Crippen molar-refractivity contribution >= 4 is 5.78 Å². The molecule has 0 spiro atoms. The Bertz CT molecular complexity index is 808. The van der Waals surface area contributed by atoms with E-state index in [2.05, 4.69) is 23.8 Å². The van der Waals surface area contributed by atoms with Crippen LogP contribution in [0.15, 0.2) is 9.59 Å². The minimum absolute atomic E-state index is 0.0109. The van der Waals surface area contributed by atoms with Crippen molar-refractivity contribution in [1.29, 1.82) is 0 Å². The van der Waals surface area contributed by atoms with Crippen molar-refractivity contribution in [3.05, 3.63) is 32.1 Å². The molecule has 24 heavy (non-hydrogen) atoms. The number of rotatable bonds is 3. The van der Waals surface area contributed by atoms with E-state index in [1.54, 1.807) is 6.92 Å². The van der Waals surface area contributed by atoms with Gasteiger partial charge in [0.2, 0.25) is 6.17 Å². The molecule has 4 saturated heterocycles. The summed E-state index contributed by atoms with van der Waals surface area (Å²) in [5.74, 6) is 0.440. The van der Waals surface area contributed by atoms with Crippen LogP contribution in [0.25, 0.3) is 0 Å². The third-order valence-corrected chi connectivity index (χ3v) is 6.41. The second-order valence-electron chi connectivity index (χ2n) is 8.32. The Morgan fingerprint density at radius 1 is 1.08 bits per heavy atom. The van der Waals surface area contributed by atoms with E-state index in [0.29, 0.717) is 17.0 Å². The maximum atomic E-state index is 13.1. The Kier molecular flexibility index (Phi) is 3.22. The maximum Gasteiger partial charge on any atom is 0.325 e. The van der Waals surface area contributed by atoms with Crippen molar-refractivity contribution in [3.8, 4) is 0 Å². The van der Waals surface area contributed by atoms with Crippen molar-refractivity contribution in [2.45, 2.75) is 39.8 Å². The van der Waals surface area contributed by atoms with Crippen LogP contribution in [0.4, 0.5) is 0 Å². The third kappa shape index (κ3) is 1.94. The summed E-state index contributed by atoms with van der Waals surface area (Å²) in [5.41, 5.74) is 0.0856. The molecule has 4 aliphatic rings. The Hall–Kier alpha value is -1.73. The van der Waals surface area contributed by atoms with Crippen molar-refractivity contribution in [2.24, 2.45) is 10.8 Å². The van der Waals surface area contributed by atoms with Crippen molar-refractivity contribution in [2.75, 3.05) is 26.2 Å². The van der Waals surface area contributed by atoms with Gasteiger partial charge >= 0.3 is 5.69 Å². The average Bonchev–Trinajstić information content (AvgIpc) is 2.45. The molecule has 0 saturated carbocycles. The van der Waals surface area contributed by atoms with E-state index in [1.807, 2.05) is 0 Å². The van der Waals surface area contributed by atoms with Gasteiger partial charge in [0.1, 0.15) is 37.0 Å². The number of ketones is 1. The van der Waals surface area contributed by atoms with Gasteiger partial charge in [0.05, 0.1) is 0 Å². The highest BCUT2D eigenvalue weighted by Crippen LogP contribution is 2.39. The molecule has 2 atom stereocenters. The first kappa shape index (κ1) is 15.8. The van der Waals surface area contributed by atoms with Crippen molar-refractivity contribution in [1.82, 2.24) is 9.97 Å². The van der Waals surface area contributed by atoms with E-state index >= 15 is 0 Å². The predicted molar refractivity (Wildman–Crippen MR) is 87.0 cm³/mol. The Morgan fingerprint density at radius 3 is 2.25 bits per heavy atom. The lowest BCUT2D eigenvalue weighted by atomic mass is 9.59. The quantitative estimate of drug-likeness (QED) is 0.494. The van der Waals surface area contributed by atoms with Gasteiger partial charge in [-0.15, -0.1) is 0 Å². The smallest absolute Gasteiger partial charge is 0.311 e. The molecule has 4 bridgehead atoms. The minimum atomic E-state index is -0.454. The molecule has 4 fully saturated rings. The lowest BCUT2D eigenvalue weighted by molar-refractivity contribution is -1.18. The zero-order chi connectivity index (χ0) is 17.3. The number of aromatic nitrogens is 2. The van der Waals surface area contributed by atoms with Gasteiger partial charge in [-0.25, -0.2) is 4.79 Å². The Labute approximate surface area is 140 Å². The molecule has 4 aliphatic heterocycles. The van der Waals surface area contributed by atoms with Gasteiger partial charge in [-0.3, -0.25) is 24.4 Å². The topological polar surface area (TPSA) is 91.7 Å². The Morgan fingerprint density at radius 2 is 1.71 bits per heavy atom. The Balaban J connectivity index is 1.81. The van der Waals surface area contributed by atoms with Gasteiger partial charge in [0.25, 0.3) is 5.56 Å². The number of quaternary nitrogens is 2. The lowest BCUT2D eigenvalue weighted by Crippen LogP contribution is -3.41. The molecule has 5 heterocycles. The molecule has 0 aromatic carbocycles. The second kappa shape index (κ2) is 4.89. The molecule has 2 unspecified atom stereocenters. The third-order valence-electron chi connectivity index (χ3n) is 6.41. The van der Waals surface area contributed by atoms with Gasteiger partial charge in [-0.1, -0.05) is 13.3 Å². The standard InChI is InChI=1S/C17H24N4O3/c1-4-5-17-8-20-6-16(3,14(17)23)7-21(9-17)13(20)11-10(2)18-15(24)19-12(11)22/h13H,4-9H2,1-3H3,(H2,18,19,22,24)/p+2. The SMILES string of the molecule is CCCC12C[NH+]3CC(C)(C[NH+](C1)C3c1c(C)[nH]c(=O)[nH]c1=O)C2=O. The van der Waals surface area contributed by atoms with E-state index in [1.165, 1.54) is 9.80 Å². The first-order valence-corrected chi connectivity index (χ1v) is 8.87. The molecule has 0 aliphatic carbocycles. The normalized spacial score (nSPS) is 40.3. The molecule has 1 aromatic rings. The molecule has 0 radical (unpaired) electrons. The fourth-order valence-corrected chi connectivity index (χ4v) is 5.91. The zero-order valence-corrected chi connectivity index (χ0v) is 14.5. The van der Waals surface area contributed by atoms with E-state index in [4.69, 9.17) is 0 Å². The van der Waals surface area contributed by atoms with Gasteiger partial charge < -0.3 is 4.98 Å². The van der Waals surface area contributed by atoms with Crippen LogP contribution in [0.2, 0.25) is 0 Å². The molecule has 7 heteroatoms. The van der Waals surface area contributed by atoms with Crippen LogP contribution in [0.3, 0.4) is 0 Å². The molecule has 1 aromatic heterocycles.